The average Bonchev–Trinajstić information content (AvgIpc) is 3.07. The molecule has 0 heterocycles. The summed E-state index contributed by atoms with van der Waals surface area (Å²) in [5.41, 5.74) is 5.34. The number of nitrogens with two attached hydrogens (primary N) is 1. The topological polar surface area (TPSA) is 118 Å². The second-order valence-electron chi connectivity index (χ2n) is 11.2. The Balaban J connectivity index is 3.03. The van der Waals surface area contributed by atoms with Crippen LogP contribution < -0.4 is 5.73 Å². The molecule has 0 aromatic carbocycles. The van der Waals surface area contributed by atoms with Gasteiger partial charge in [0.15, 0.2) is 0 Å². The largest absolute Gasteiger partial charge is 0.379 e. The van der Waals surface area contributed by atoms with E-state index < -0.39 is 0 Å². The van der Waals surface area contributed by atoms with Gasteiger partial charge in [0.25, 0.3) is 0 Å². The van der Waals surface area contributed by atoms with Gasteiger partial charge in [0.2, 0.25) is 0 Å². The minimum absolute atomic E-state index is 0.527. The van der Waals surface area contributed by atoms with Crippen LogP contribution in [0.1, 0.15) is 90.4 Å². The molecule has 0 aliphatic rings. The minimum atomic E-state index is 0.527. The van der Waals surface area contributed by atoms with Crippen molar-refractivity contribution >= 4 is 0 Å². The summed E-state index contributed by atoms with van der Waals surface area (Å²) in [6.45, 7) is 14.1. The molecule has 278 valence electrons. The van der Waals surface area contributed by atoms with Crippen molar-refractivity contribution in [3.8, 4) is 0 Å². The second kappa shape index (κ2) is 44.6. The first-order valence-electron chi connectivity index (χ1n) is 18.4. The van der Waals surface area contributed by atoms with Crippen molar-refractivity contribution in [3.05, 3.63) is 0 Å². The summed E-state index contributed by atoms with van der Waals surface area (Å²) in [6, 6.07) is 0. The zero-order chi connectivity index (χ0) is 33.1. The second-order valence-corrected chi connectivity index (χ2v) is 11.2. The Labute approximate surface area is 282 Å². The van der Waals surface area contributed by atoms with Crippen LogP contribution in [0.3, 0.4) is 0 Å². The average molecular weight is 668 g/mol. The quantitative estimate of drug-likeness (QED) is 0.0865. The predicted octanol–water partition coefficient (Wildman–Crippen LogP) is 5.20. The molecule has 0 fully saturated rings. The highest BCUT2D eigenvalue weighted by molar-refractivity contribution is 4.49. The van der Waals surface area contributed by atoms with Crippen LogP contribution in [-0.2, 0) is 47.4 Å². The molecule has 0 bridgehead atoms. The zero-order valence-corrected chi connectivity index (χ0v) is 29.7. The Morgan fingerprint density at radius 3 is 0.674 bits per heavy atom. The third-order valence-corrected chi connectivity index (χ3v) is 7.00. The van der Waals surface area contributed by atoms with Crippen LogP contribution in [-0.4, -0.2) is 139 Å². The van der Waals surface area contributed by atoms with Gasteiger partial charge in [0, 0.05) is 13.2 Å². The van der Waals surface area contributed by atoms with Crippen molar-refractivity contribution in [2.75, 3.05) is 139 Å². The highest BCUT2D eigenvalue weighted by atomic mass is 16.6. The van der Waals surface area contributed by atoms with Crippen LogP contribution in [0.4, 0.5) is 0 Å². The number of hydrogen-bond acceptors (Lipinski definition) is 11. The van der Waals surface area contributed by atoms with E-state index in [1.165, 1.54) is 77.0 Å². The van der Waals surface area contributed by atoms with Crippen LogP contribution >= 0.6 is 0 Å². The maximum atomic E-state index is 5.67. The van der Waals surface area contributed by atoms with Crippen molar-refractivity contribution in [1.82, 2.24) is 0 Å². The number of ether oxygens (including phenoxy) is 10. The van der Waals surface area contributed by atoms with E-state index in [-0.39, 0.29) is 0 Å². The molecule has 0 atom stereocenters. The maximum absolute atomic E-state index is 5.67. The first kappa shape index (κ1) is 45.6. The third kappa shape index (κ3) is 43.6. The molecule has 0 saturated carbocycles. The molecule has 11 nitrogen and oxygen atoms in total. The fourth-order valence-corrected chi connectivity index (χ4v) is 4.39. The van der Waals surface area contributed by atoms with Gasteiger partial charge in [-0.25, -0.2) is 0 Å². The monoisotopic (exact) mass is 668 g/mol. The summed E-state index contributed by atoms with van der Waals surface area (Å²) >= 11 is 0. The van der Waals surface area contributed by atoms with Crippen molar-refractivity contribution in [2.24, 2.45) is 5.73 Å². The van der Waals surface area contributed by atoms with E-state index in [0.717, 1.165) is 13.0 Å². The van der Waals surface area contributed by atoms with Gasteiger partial charge in [-0.15, -0.1) is 0 Å². The third-order valence-electron chi connectivity index (χ3n) is 7.00. The molecule has 0 saturated heterocycles. The van der Waals surface area contributed by atoms with Gasteiger partial charge in [-0.2, -0.15) is 0 Å². The molecule has 2 N–H and O–H groups in total. The SMILES string of the molecule is CCCCCCCCCCCCCCCOCCOCCOCCOCCOCCOCCOCCOCCOCCOCCN. The molecular formula is C35H73NO10. The lowest BCUT2D eigenvalue weighted by atomic mass is 10.0. The van der Waals surface area contributed by atoms with Crippen molar-refractivity contribution < 1.29 is 47.4 Å². The van der Waals surface area contributed by atoms with Gasteiger partial charge >= 0.3 is 0 Å². The van der Waals surface area contributed by atoms with E-state index in [9.17, 15) is 0 Å². The van der Waals surface area contributed by atoms with E-state index in [2.05, 4.69) is 6.92 Å². The Kier molecular flexibility index (Phi) is 44.1. The van der Waals surface area contributed by atoms with Crippen LogP contribution in [0.2, 0.25) is 0 Å². The molecule has 0 radical (unpaired) electrons. The van der Waals surface area contributed by atoms with Gasteiger partial charge in [-0.05, 0) is 6.42 Å². The van der Waals surface area contributed by atoms with Gasteiger partial charge in [0.1, 0.15) is 0 Å². The smallest absolute Gasteiger partial charge is 0.0701 e. The van der Waals surface area contributed by atoms with Crippen LogP contribution in [0.5, 0.6) is 0 Å². The Morgan fingerprint density at radius 1 is 0.239 bits per heavy atom. The number of unbranched alkanes of at least 4 members (excludes halogenated alkanes) is 12. The van der Waals surface area contributed by atoms with Crippen LogP contribution in [0, 0.1) is 0 Å². The fourth-order valence-electron chi connectivity index (χ4n) is 4.39. The Hall–Kier alpha value is -0.440. The molecule has 46 heavy (non-hydrogen) atoms. The van der Waals surface area contributed by atoms with E-state index in [1.807, 2.05) is 0 Å². The van der Waals surface area contributed by atoms with Gasteiger partial charge in [-0.3, -0.25) is 0 Å². The summed E-state index contributed by atoms with van der Waals surface area (Å²) in [5, 5.41) is 0. The molecule has 0 amide bonds. The summed E-state index contributed by atoms with van der Waals surface area (Å²) in [5.74, 6) is 0. The maximum Gasteiger partial charge on any atom is 0.0701 e. The number of rotatable bonds is 43. The fraction of sp³-hybridized carbons (Fsp3) is 1.00. The van der Waals surface area contributed by atoms with Crippen LogP contribution in [0.25, 0.3) is 0 Å². The lowest BCUT2D eigenvalue weighted by Crippen LogP contribution is -2.15. The molecule has 0 unspecified atom stereocenters. The highest BCUT2D eigenvalue weighted by Gasteiger charge is 1.97. The summed E-state index contributed by atoms with van der Waals surface area (Å²) in [4.78, 5) is 0. The first-order chi connectivity index (χ1) is 22.9. The van der Waals surface area contributed by atoms with E-state index in [0.29, 0.717) is 132 Å². The van der Waals surface area contributed by atoms with E-state index >= 15 is 0 Å². The molecule has 0 aromatic rings. The normalized spacial score (nSPS) is 11.6. The molecule has 0 aliphatic heterocycles. The summed E-state index contributed by atoms with van der Waals surface area (Å²) in [7, 11) is 0. The van der Waals surface area contributed by atoms with Crippen molar-refractivity contribution in [1.29, 1.82) is 0 Å². The van der Waals surface area contributed by atoms with Gasteiger partial charge < -0.3 is 53.1 Å². The van der Waals surface area contributed by atoms with E-state index in [1.54, 1.807) is 0 Å². The lowest BCUT2D eigenvalue weighted by molar-refractivity contribution is -0.0263. The Morgan fingerprint density at radius 2 is 0.435 bits per heavy atom. The van der Waals surface area contributed by atoms with Gasteiger partial charge in [-0.1, -0.05) is 84.0 Å². The molecule has 0 rings (SSSR count). The molecule has 0 aliphatic carbocycles. The van der Waals surface area contributed by atoms with Crippen molar-refractivity contribution in [3.63, 3.8) is 0 Å². The predicted molar refractivity (Wildman–Crippen MR) is 183 cm³/mol. The highest BCUT2D eigenvalue weighted by Crippen LogP contribution is 2.12. The minimum Gasteiger partial charge on any atom is -0.379 e. The standard InChI is InChI=1S/C35H73NO10/c1-2-3-4-5-6-7-8-9-10-11-12-13-14-16-37-18-20-39-22-24-41-26-28-43-30-32-45-34-35-46-33-31-44-29-27-42-25-23-40-21-19-38-17-15-36/h2-36H2,1H3. The zero-order valence-electron chi connectivity index (χ0n) is 29.7. The summed E-state index contributed by atoms with van der Waals surface area (Å²) < 4.78 is 54.7. The lowest BCUT2D eigenvalue weighted by Gasteiger charge is -2.09. The summed E-state index contributed by atoms with van der Waals surface area (Å²) in [6.07, 6.45) is 17.8. The number of hydrogen-bond donors (Lipinski definition) is 1. The molecule has 0 spiro atoms. The molecular weight excluding hydrogens is 594 g/mol. The Bertz CT molecular complexity index is 478. The first-order valence-corrected chi connectivity index (χ1v) is 18.4. The van der Waals surface area contributed by atoms with Gasteiger partial charge in [0.05, 0.1) is 126 Å². The van der Waals surface area contributed by atoms with Crippen LogP contribution in [0.15, 0.2) is 0 Å². The molecule has 0 aromatic heterocycles. The molecule has 11 heteroatoms. The van der Waals surface area contributed by atoms with Crippen molar-refractivity contribution in [2.45, 2.75) is 90.4 Å². The van der Waals surface area contributed by atoms with E-state index in [4.69, 9.17) is 53.1 Å².